The number of amides is 1. The van der Waals surface area contributed by atoms with E-state index in [0.29, 0.717) is 12.2 Å². The van der Waals surface area contributed by atoms with Gasteiger partial charge in [0.1, 0.15) is 11.8 Å². The zero-order valence-electron chi connectivity index (χ0n) is 8.90. The van der Waals surface area contributed by atoms with Crippen LogP contribution in [0.2, 0.25) is 0 Å². The van der Waals surface area contributed by atoms with Crippen LogP contribution in [0.15, 0.2) is 16.5 Å². The number of carboxylic acids is 1. The predicted octanol–water partition coefficient (Wildman–Crippen LogP) is 0.331. The fourth-order valence-electron chi connectivity index (χ4n) is 1.18. The summed E-state index contributed by atoms with van der Waals surface area (Å²) in [4.78, 5) is 22.2. The number of hydrogen-bond donors (Lipinski definition) is 3. The fourth-order valence-corrected chi connectivity index (χ4v) is 1.18. The van der Waals surface area contributed by atoms with Gasteiger partial charge in [-0.2, -0.15) is 0 Å². The average Bonchev–Trinajstić information content (AvgIpc) is 2.73. The monoisotopic (exact) mass is 226 g/mol. The molecule has 0 bridgehead atoms. The van der Waals surface area contributed by atoms with Gasteiger partial charge in [0.2, 0.25) is 0 Å². The van der Waals surface area contributed by atoms with Gasteiger partial charge in [-0.1, -0.05) is 6.92 Å². The van der Waals surface area contributed by atoms with Crippen molar-refractivity contribution in [3.63, 3.8) is 0 Å². The number of nitrogens with two attached hydrogens (primary N) is 1. The molecule has 1 aromatic heterocycles. The molecule has 6 heteroatoms. The van der Waals surface area contributed by atoms with Crippen LogP contribution in [0.5, 0.6) is 0 Å². The highest BCUT2D eigenvalue weighted by atomic mass is 16.4. The Labute approximate surface area is 92.4 Å². The molecule has 0 spiro atoms. The van der Waals surface area contributed by atoms with Crippen LogP contribution < -0.4 is 11.1 Å². The van der Waals surface area contributed by atoms with Crippen LogP contribution in [0.1, 0.15) is 29.7 Å². The molecule has 16 heavy (non-hydrogen) atoms. The first-order valence-electron chi connectivity index (χ1n) is 4.91. The predicted molar refractivity (Wildman–Crippen MR) is 55.8 cm³/mol. The number of carbonyl (C=O) groups is 2. The van der Waals surface area contributed by atoms with Crippen molar-refractivity contribution in [3.05, 3.63) is 23.7 Å². The van der Waals surface area contributed by atoms with Crippen LogP contribution in [0.3, 0.4) is 0 Å². The van der Waals surface area contributed by atoms with E-state index in [-0.39, 0.29) is 12.3 Å². The van der Waals surface area contributed by atoms with E-state index in [4.69, 9.17) is 15.3 Å². The zero-order valence-corrected chi connectivity index (χ0v) is 8.90. The topological polar surface area (TPSA) is 106 Å². The second kappa shape index (κ2) is 5.32. The summed E-state index contributed by atoms with van der Waals surface area (Å²) in [6, 6.07) is 2.14. The van der Waals surface area contributed by atoms with E-state index in [1.54, 1.807) is 13.0 Å². The van der Waals surface area contributed by atoms with E-state index >= 15 is 0 Å². The van der Waals surface area contributed by atoms with E-state index in [1.165, 1.54) is 6.07 Å². The average molecular weight is 226 g/mol. The van der Waals surface area contributed by atoms with Gasteiger partial charge in [0, 0.05) is 0 Å². The largest absolute Gasteiger partial charge is 0.480 e. The van der Waals surface area contributed by atoms with Gasteiger partial charge in [0.15, 0.2) is 5.76 Å². The summed E-state index contributed by atoms with van der Waals surface area (Å²) in [6.45, 7) is 1.87. The molecule has 0 aliphatic heterocycles. The minimum atomic E-state index is -1.07. The van der Waals surface area contributed by atoms with Crippen molar-refractivity contribution in [1.29, 1.82) is 0 Å². The third kappa shape index (κ3) is 2.83. The lowest BCUT2D eigenvalue weighted by Crippen LogP contribution is -2.40. The minimum Gasteiger partial charge on any atom is -0.480 e. The van der Waals surface area contributed by atoms with Crippen LogP contribution in [0, 0.1) is 0 Å². The Balaban J connectivity index is 2.67. The quantitative estimate of drug-likeness (QED) is 0.671. The smallest absolute Gasteiger partial charge is 0.326 e. The Morgan fingerprint density at radius 3 is 2.69 bits per heavy atom. The highest BCUT2D eigenvalue weighted by Crippen LogP contribution is 2.07. The molecule has 4 N–H and O–H groups in total. The van der Waals surface area contributed by atoms with E-state index in [9.17, 15) is 9.59 Å². The molecular weight excluding hydrogens is 212 g/mol. The number of hydrogen-bond acceptors (Lipinski definition) is 4. The van der Waals surface area contributed by atoms with Crippen molar-refractivity contribution in [2.45, 2.75) is 25.9 Å². The van der Waals surface area contributed by atoms with Crippen LogP contribution in [-0.2, 0) is 11.3 Å². The summed E-state index contributed by atoms with van der Waals surface area (Å²) in [7, 11) is 0. The van der Waals surface area contributed by atoms with Crippen molar-refractivity contribution >= 4 is 11.9 Å². The van der Waals surface area contributed by atoms with Crippen molar-refractivity contribution in [3.8, 4) is 0 Å². The minimum absolute atomic E-state index is 0.0696. The lowest BCUT2D eigenvalue weighted by molar-refractivity contribution is -0.139. The third-order valence-corrected chi connectivity index (χ3v) is 2.10. The first-order chi connectivity index (χ1) is 7.58. The fraction of sp³-hybridized carbons (Fsp3) is 0.400. The molecule has 0 saturated heterocycles. The molecule has 0 saturated carbocycles. The number of rotatable bonds is 5. The van der Waals surface area contributed by atoms with Gasteiger partial charge in [-0.05, 0) is 18.6 Å². The van der Waals surface area contributed by atoms with Gasteiger partial charge in [-0.3, -0.25) is 4.79 Å². The molecule has 0 aromatic carbocycles. The van der Waals surface area contributed by atoms with Crippen molar-refractivity contribution in [1.82, 2.24) is 5.32 Å². The van der Waals surface area contributed by atoms with Gasteiger partial charge < -0.3 is 20.6 Å². The molecular formula is C10H14N2O4. The van der Waals surface area contributed by atoms with Gasteiger partial charge in [0.25, 0.3) is 5.91 Å². The molecule has 88 valence electrons. The van der Waals surface area contributed by atoms with Gasteiger partial charge in [0.05, 0.1) is 6.54 Å². The standard InChI is InChI=1S/C10H14N2O4/c1-2-7(10(14)15)12-9(13)8-4-3-6(5-11)16-8/h3-4,7H,2,5,11H2,1H3,(H,12,13)(H,14,15)/t7-/m1/s1. The normalized spacial score (nSPS) is 12.1. The van der Waals surface area contributed by atoms with E-state index in [0.717, 1.165) is 0 Å². The van der Waals surface area contributed by atoms with Gasteiger partial charge in [-0.25, -0.2) is 4.79 Å². The molecule has 0 aliphatic rings. The maximum absolute atomic E-state index is 11.5. The van der Waals surface area contributed by atoms with E-state index < -0.39 is 17.9 Å². The molecule has 1 heterocycles. The van der Waals surface area contributed by atoms with Gasteiger partial charge >= 0.3 is 5.97 Å². The summed E-state index contributed by atoms with van der Waals surface area (Å²) in [5, 5.41) is 11.1. The van der Waals surface area contributed by atoms with Crippen LogP contribution in [-0.4, -0.2) is 23.0 Å². The Bertz CT molecular complexity index is 386. The molecule has 0 radical (unpaired) electrons. The first-order valence-corrected chi connectivity index (χ1v) is 4.91. The number of nitrogens with one attached hydrogen (secondary N) is 1. The van der Waals surface area contributed by atoms with Crippen molar-refractivity contribution in [2.24, 2.45) is 5.73 Å². The summed E-state index contributed by atoms with van der Waals surface area (Å²) < 4.78 is 5.09. The molecule has 0 aliphatic carbocycles. The maximum atomic E-state index is 11.5. The Morgan fingerprint density at radius 2 is 2.25 bits per heavy atom. The summed E-state index contributed by atoms with van der Waals surface area (Å²) in [5.74, 6) is -1.07. The molecule has 0 unspecified atom stereocenters. The molecule has 1 amide bonds. The number of aliphatic carboxylic acids is 1. The van der Waals surface area contributed by atoms with Crippen LogP contribution >= 0.6 is 0 Å². The SMILES string of the molecule is CC[C@@H](NC(=O)c1ccc(CN)o1)C(=O)O. The van der Waals surface area contributed by atoms with E-state index in [2.05, 4.69) is 5.32 Å². The summed E-state index contributed by atoms with van der Waals surface area (Å²) >= 11 is 0. The molecule has 1 rings (SSSR count). The lowest BCUT2D eigenvalue weighted by Gasteiger charge is -2.10. The van der Waals surface area contributed by atoms with Gasteiger partial charge in [-0.15, -0.1) is 0 Å². The summed E-state index contributed by atoms with van der Waals surface area (Å²) in [6.07, 6.45) is 0.311. The summed E-state index contributed by atoms with van der Waals surface area (Å²) in [5.41, 5.74) is 5.32. The second-order valence-electron chi connectivity index (χ2n) is 3.24. The Hall–Kier alpha value is -1.82. The highest BCUT2D eigenvalue weighted by molar-refractivity contribution is 5.94. The van der Waals surface area contributed by atoms with Crippen LogP contribution in [0.4, 0.5) is 0 Å². The Morgan fingerprint density at radius 1 is 1.56 bits per heavy atom. The van der Waals surface area contributed by atoms with E-state index in [1.807, 2.05) is 0 Å². The Kier molecular flexibility index (Phi) is 4.07. The van der Waals surface area contributed by atoms with Crippen molar-refractivity contribution in [2.75, 3.05) is 0 Å². The second-order valence-corrected chi connectivity index (χ2v) is 3.24. The number of carboxylic acid groups (broad SMARTS) is 1. The molecule has 1 aromatic rings. The lowest BCUT2D eigenvalue weighted by atomic mass is 10.2. The number of carbonyl (C=O) groups excluding carboxylic acids is 1. The molecule has 0 fully saturated rings. The number of furan rings is 1. The van der Waals surface area contributed by atoms with Crippen molar-refractivity contribution < 1.29 is 19.1 Å². The first kappa shape index (κ1) is 12.3. The third-order valence-electron chi connectivity index (χ3n) is 2.10. The zero-order chi connectivity index (χ0) is 12.1. The highest BCUT2D eigenvalue weighted by Gasteiger charge is 2.20. The maximum Gasteiger partial charge on any atom is 0.326 e. The molecule has 1 atom stereocenters. The molecule has 6 nitrogen and oxygen atoms in total. The van der Waals surface area contributed by atoms with Crippen LogP contribution in [0.25, 0.3) is 0 Å².